The van der Waals surface area contributed by atoms with E-state index in [2.05, 4.69) is 15.5 Å². The van der Waals surface area contributed by atoms with Gasteiger partial charge in [-0.05, 0) is 24.6 Å². The average molecular weight is 449 g/mol. The van der Waals surface area contributed by atoms with Crippen LogP contribution in [0.4, 0.5) is 0 Å². The molecule has 0 unspecified atom stereocenters. The molecule has 3 rings (SSSR count). The second kappa shape index (κ2) is 9.38. The third-order valence-corrected chi connectivity index (χ3v) is 5.84. The summed E-state index contributed by atoms with van der Waals surface area (Å²) in [5, 5.41) is 6.95. The van der Waals surface area contributed by atoms with Gasteiger partial charge in [0.25, 0.3) is 0 Å². The van der Waals surface area contributed by atoms with Crippen LogP contribution in [-0.4, -0.2) is 41.6 Å². The van der Waals surface area contributed by atoms with Crippen LogP contribution in [0, 0.1) is 6.92 Å². The van der Waals surface area contributed by atoms with Crippen LogP contribution in [-0.2, 0) is 27.9 Å². The third-order valence-electron chi connectivity index (χ3n) is 4.27. The average Bonchev–Trinajstić information content (AvgIpc) is 3.16. The molecule has 2 aromatic carbocycles. The van der Waals surface area contributed by atoms with Gasteiger partial charge in [-0.25, -0.2) is 8.42 Å². The number of sulfonamides is 1. The molecule has 1 amide bonds. The van der Waals surface area contributed by atoms with Crippen molar-refractivity contribution in [3.63, 3.8) is 0 Å². The molecule has 0 aliphatic rings. The fraction of sp³-hybridized carbons (Fsp3) is 0.250. The third kappa shape index (κ3) is 5.88. The van der Waals surface area contributed by atoms with Crippen LogP contribution in [0.5, 0.6) is 0 Å². The van der Waals surface area contributed by atoms with Crippen molar-refractivity contribution in [2.24, 2.45) is 0 Å². The zero-order valence-corrected chi connectivity index (χ0v) is 18.1. The minimum absolute atomic E-state index is 0.00993. The molecular formula is C20H21ClN4O4S. The zero-order valence-electron chi connectivity index (χ0n) is 16.5. The Labute approximate surface area is 179 Å². The van der Waals surface area contributed by atoms with E-state index in [4.69, 9.17) is 16.1 Å². The van der Waals surface area contributed by atoms with Crippen LogP contribution < -0.4 is 5.32 Å². The summed E-state index contributed by atoms with van der Waals surface area (Å²) in [5.74, 6) is 0.138. The lowest BCUT2D eigenvalue weighted by Crippen LogP contribution is -2.39. The predicted molar refractivity (Wildman–Crippen MR) is 113 cm³/mol. The molecule has 30 heavy (non-hydrogen) atoms. The molecule has 1 aromatic heterocycles. The number of nitrogens with zero attached hydrogens (tertiary/aromatic N) is 3. The molecule has 10 heteroatoms. The second-order valence-corrected chi connectivity index (χ2v) is 9.17. The summed E-state index contributed by atoms with van der Waals surface area (Å²) < 4.78 is 30.4. The van der Waals surface area contributed by atoms with E-state index in [0.29, 0.717) is 16.4 Å². The maximum Gasteiger partial charge on any atom is 0.246 e. The van der Waals surface area contributed by atoms with Crippen molar-refractivity contribution in [3.05, 3.63) is 70.6 Å². The van der Waals surface area contributed by atoms with E-state index in [9.17, 15) is 13.2 Å². The van der Waals surface area contributed by atoms with E-state index in [1.165, 1.54) is 0 Å². The monoisotopic (exact) mass is 448 g/mol. The Kier molecular flexibility index (Phi) is 6.86. The predicted octanol–water partition coefficient (Wildman–Crippen LogP) is 2.78. The van der Waals surface area contributed by atoms with Crippen LogP contribution in [0.1, 0.15) is 17.0 Å². The minimum Gasteiger partial charge on any atom is -0.346 e. The first-order chi connectivity index (χ1) is 14.2. The Morgan fingerprint density at radius 1 is 1.20 bits per heavy atom. The highest BCUT2D eigenvalue weighted by Crippen LogP contribution is 2.19. The van der Waals surface area contributed by atoms with E-state index in [1.54, 1.807) is 24.3 Å². The molecule has 0 fully saturated rings. The van der Waals surface area contributed by atoms with Gasteiger partial charge in [-0.2, -0.15) is 9.29 Å². The SMILES string of the molecule is Cc1cccc(-c2noc(CNC(=O)CN(Cc3ccccc3Cl)S(C)(=O)=O)n2)c1. The fourth-order valence-corrected chi connectivity index (χ4v) is 3.65. The van der Waals surface area contributed by atoms with Gasteiger partial charge in [-0.1, -0.05) is 58.7 Å². The molecule has 0 saturated heterocycles. The van der Waals surface area contributed by atoms with Crippen LogP contribution >= 0.6 is 11.6 Å². The first-order valence-electron chi connectivity index (χ1n) is 9.07. The Morgan fingerprint density at radius 3 is 2.67 bits per heavy atom. The molecular weight excluding hydrogens is 428 g/mol. The quantitative estimate of drug-likeness (QED) is 0.568. The summed E-state index contributed by atoms with van der Waals surface area (Å²) in [6.45, 7) is 1.58. The molecule has 0 spiro atoms. The first kappa shape index (κ1) is 21.9. The summed E-state index contributed by atoms with van der Waals surface area (Å²) in [6.07, 6.45) is 1.04. The van der Waals surface area contributed by atoms with Crippen molar-refractivity contribution in [3.8, 4) is 11.4 Å². The molecule has 1 heterocycles. The molecule has 0 aliphatic heterocycles. The number of aryl methyl sites for hydroxylation is 1. The van der Waals surface area contributed by atoms with E-state index >= 15 is 0 Å². The normalized spacial score (nSPS) is 11.6. The minimum atomic E-state index is -3.63. The Morgan fingerprint density at radius 2 is 1.97 bits per heavy atom. The van der Waals surface area contributed by atoms with Gasteiger partial charge >= 0.3 is 0 Å². The molecule has 158 valence electrons. The van der Waals surface area contributed by atoms with Crippen LogP contribution in [0.15, 0.2) is 53.1 Å². The maximum absolute atomic E-state index is 12.3. The van der Waals surface area contributed by atoms with Gasteiger partial charge in [-0.3, -0.25) is 4.79 Å². The fourth-order valence-electron chi connectivity index (χ4n) is 2.73. The van der Waals surface area contributed by atoms with Crippen LogP contribution in [0.2, 0.25) is 5.02 Å². The van der Waals surface area contributed by atoms with E-state index in [1.807, 2.05) is 31.2 Å². The number of carbonyl (C=O) groups is 1. The van der Waals surface area contributed by atoms with Gasteiger partial charge < -0.3 is 9.84 Å². The van der Waals surface area contributed by atoms with Gasteiger partial charge in [-0.15, -0.1) is 0 Å². The van der Waals surface area contributed by atoms with E-state index in [0.717, 1.165) is 21.7 Å². The number of hydrogen-bond donors (Lipinski definition) is 1. The van der Waals surface area contributed by atoms with Crippen LogP contribution in [0.25, 0.3) is 11.4 Å². The molecule has 0 atom stereocenters. The lowest BCUT2D eigenvalue weighted by molar-refractivity contribution is -0.121. The van der Waals surface area contributed by atoms with Gasteiger partial charge in [0.1, 0.15) is 0 Å². The van der Waals surface area contributed by atoms with Crippen molar-refractivity contribution < 1.29 is 17.7 Å². The molecule has 0 bridgehead atoms. The molecule has 3 aromatic rings. The van der Waals surface area contributed by atoms with Crippen LogP contribution in [0.3, 0.4) is 0 Å². The highest BCUT2D eigenvalue weighted by Gasteiger charge is 2.22. The maximum atomic E-state index is 12.3. The second-order valence-electron chi connectivity index (χ2n) is 6.78. The van der Waals surface area contributed by atoms with E-state index < -0.39 is 15.9 Å². The summed E-state index contributed by atoms with van der Waals surface area (Å²) in [4.78, 5) is 16.6. The number of rotatable bonds is 8. The van der Waals surface area contributed by atoms with Gasteiger partial charge in [0.2, 0.25) is 27.6 Å². The number of amides is 1. The smallest absolute Gasteiger partial charge is 0.246 e. The number of nitrogens with one attached hydrogen (secondary N) is 1. The van der Waals surface area contributed by atoms with Crippen molar-refractivity contribution in [2.45, 2.75) is 20.0 Å². The summed E-state index contributed by atoms with van der Waals surface area (Å²) in [6, 6.07) is 14.5. The van der Waals surface area contributed by atoms with Crippen molar-refractivity contribution >= 4 is 27.5 Å². The number of aromatic nitrogens is 2. The molecule has 1 N–H and O–H groups in total. The highest BCUT2D eigenvalue weighted by atomic mass is 35.5. The lowest BCUT2D eigenvalue weighted by atomic mass is 10.1. The number of carbonyl (C=O) groups excluding carboxylic acids is 1. The molecule has 0 aliphatic carbocycles. The zero-order chi connectivity index (χ0) is 21.7. The first-order valence-corrected chi connectivity index (χ1v) is 11.3. The van der Waals surface area contributed by atoms with Gasteiger partial charge in [0.05, 0.1) is 19.3 Å². The van der Waals surface area contributed by atoms with Crippen molar-refractivity contribution in [1.29, 1.82) is 0 Å². The number of halogens is 1. The summed E-state index contributed by atoms with van der Waals surface area (Å²) >= 11 is 6.11. The highest BCUT2D eigenvalue weighted by molar-refractivity contribution is 7.88. The molecule has 0 saturated carbocycles. The lowest BCUT2D eigenvalue weighted by Gasteiger charge is -2.20. The molecule has 0 radical (unpaired) electrons. The van der Waals surface area contributed by atoms with Gasteiger partial charge in [0.15, 0.2) is 0 Å². The number of hydrogen-bond acceptors (Lipinski definition) is 6. The summed E-state index contributed by atoms with van der Waals surface area (Å²) in [5.41, 5.74) is 2.47. The van der Waals surface area contributed by atoms with E-state index in [-0.39, 0.29) is 25.5 Å². The van der Waals surface area contributed by atoms with Crippen molar-refractivity contribution in [2.75, 3.05) is 12.8 Å². The summed E-state index contributed by atoms with van der Waals surface area (Å²) in [7, 11) is -3.63. The van der Waals surface area contributed by atoms with Gasteiger partial charge in [0, 0.05) is 17.1 Å². The van der Waals surface area contributed by atoms with Crippen molar-refractivity contribution in [1.82, 2.24) is 19.8 Å². The topological polar surface area (TPSA) is 105 Å². The standard InChI is InChI=1S/C20H21ClN4O4S/c1-14-6-5-8-15(10-14)20-23-19(29-24-20)11-22-18(26)13-25(30(2,27)28)12-16-7-3-4-9-17(16)21/h3-10H,11-13H2,1-2H3,(H,22,26). The Bertz CT molecular complexity index is 1150. The molecule has 8 nitrogen and oxygen atoms in total. The Balaban J connectivity index is 1.62. The number of benzene rings is 2. The Hall–Kier alpha value is -2.75. The largest absolute Gasteiger partial charge is 0.346 e.